The molecule has 1 N–H and O–H groups in total. The van der Waals surface area contributed by atoms with Crippen molar-refractivity contribution < 1.29 is 9.90 Å². The summed E-state index contributed by atoms with van der Waals surface area (Å²) in [6.07, 6.45) is 6.72. The van der Waals surface area contributed by atoms with Crippen molar-refractivity contribution in [1.82, 2.24) is 19.7 Å². The van der Waals surface area contributed by atoms with Gasteiger partial charge in [-0.1, -0.05) is 0 Å². The maximum absolute atomic E-state index is 11.1. The zero-order chi connectivity index (χ0) is 13.9. The summed E-state index contributed by atoms with van der Waals surface area (Å²) in [5.41, 5.74) is 0. The first kappa shape index (κ1) is 12.6. The van der Waals surface area contributed by atoms with Crippen LogP contribution in [0.25, 0.3) is 5.82 Å². The first-order valence-corrected chi connectivity index (χ1v) is 6.54. The predicted octanol–water partition coefficient (Wildman–Crippen LogP) is 0.963. The van der Waals surface area contributed by atoms with Gasteiger partial charge in [0.15, 0.2) is 11.6 Å². The van der Waals surface area contributed by atoms with Gasteiger partial charge >= 0.3 is 5.97 Å². The minimum atomic E-state index is -0.738. The van der Waals surface area contributed by atoms with E-state index in [0.717, 1.165) is 25.2 Å². The number of carboxylic acids is 1. The maximum atomic E-state index is 11.1. The van der Waals surface area contributed by atoms with Gasteiger partial charge in [0, 0.05) is 25.5 Å². The van der Waals surface area contributed by atoms with Crippen LogP contribution in [-0.2, 0) is 4.79 Å². The highest BCUT2D eigenvalue weighted by molar-refractivity contribution is 5.71. The zero-order valence-electron chi connectivity index (χ0n) is 10.9. The largest absolute Gasteiger partial charge is 0.481 e. The van der Waals surface area contributed by atoms with Crippen LogP contribution in [0.1, 0.15) is 12.8 Å². The van der Waals surface area contributed by atoms with Crippen LogP contribution in [0.3, 0.4) is 0 Å². The summed E-state index contributed by atoms with van der Waals surface area (Å²) >= 11 is 0. The van der Waals surface area contributed by atoms with E-state index in [1.165, 1.54) is 0 Å². The number of aromatic nitrogens is 4. The number of piperidine rings is 1. The molecular formula is C13H15N5O2. The molecule has 2 aromatic heterocycles. The summed E-state index contributed by atoms with van der Waals surface area (Å²) < 4.78 is 1.77. The third-order valence-corrected chi connectivity index (χ3v) is 3.50. The molecule has 0 spiro atoms. The summed E-state index contributed by atoms with van der Waals surface area (Å²) in [4.78, 5) is 17.0. The van der Waals surface area contributed by atoms with Crippen LogP contribution in [0.4, 0.5) is 5.82 Å². The molecule has 0 radical (unpaired) electrons. The van der Waals surface area contributed by atoms with E-state index < -0.39 is 5.97 Å². The van der Waals surface area contributed by atoms with Crippen molar-refractivity contribution in [3.8, 4) is 5.82 Å². The molecule has 3 heterocycles. The van der Waals surface area contributed by atoms with Gasteiger partial charge in [-0.05, 0) is 25.0 Å². The number of imidazole rings is 1. The summed E-state index contributed by atoms with van der Waals surface area (Å²) in [7, 11) is 0. The van der Waals surface area contributed by atoms with Gasteiger partial charge in [0.25, 0.3) is 0 Å². The molecular weight excluding hydrogens is 258 g/mol. The zero-order valence-corrected chi connectivity index (χ0v) is 10.9. The Morgan fingerprint density at radius 1 is 1.30 bits per heavy atom. The SMILES string of the molecule is O=C(O)[C@H]1CCCN(c2ccc(-n3ccnc3)nn2)C1. The first-order valence-electron chi connectivity index (χ1n) is 6.54. The van der Waals surface area contributed by atoms with Crippen LogP contribution in [0.15, 0.2) is 30.9 Å². The molecule has 20 heavy (non-hydrogen) atoms. The lowest BCUT2D eigenvalue weighted by molar-refractivity contribution is -0.141. The molecule has 0 saturated carbocycles. The Labute approximate surface area is 115 Å². The van der Waals surface area contributed by atoms with Gasteiger partial charge in [-0.15, -0.1) is 10.2 Å². The van der Waals surface area contributed by atoms with E-state index in [4.69, 9.17) is 5.11 Å². The van der Waals surface area contributed by atoms with E-state index in [2.05, 4.69) is 15.2 Å². The Morgan fingerprint density at radius 3 is 2.75 bits per heavy atom. The average Bonchev–Trinajstić information content (AvgIpc) is 3.02. The van der Waals surface area contributed by atoms with Crippen LogP contribution in [-0.4, -0.2) is 43.9 Å². The van der Waals surface area contributed by atoms with Gasteiger partial charge < -0.3 is 10.0 Å². The van der Waals surface area contributed by atoms with Crippen LogP contribution in [0.5, 0.6) is 0 Å². The minimum absolute atomic E-state index is 0.320. The third-order valence-electron chi connectivity index (χ3n) is 3.50. The molecule has 7 heteroatoms. The summed E-state index contributed by atoms with van der Waals surface area (Å²) in [6, 6.07) is 3.72. The number of hydrogen-bond donors (Lipinski definition) is 1. The van der Waals surface area contributed by atoms with Crippen LogP contribution >= 0.6 is 0 Å². The lowest BCUT2D eigenvalue weighted by Crippen LogP contribution is -2.39. The van der Waals surface area contributed by atoms with Crippen molar-refractivity contribution >= 4 is 11.8 Å². The molecule has 0 unspecified atom stereocenters. The molecule has 0 aliphatic carbocycles. The monoisotopic (exact) mass is 273 g/mol. The molecule has 1 atom stereocenters. The highest BCUT2D eigenvalue weighted by Crippen LogP contribution is 2.21. The lowest BCUT2D eigenvalue weighted by Gasteiger charge is -2.31. The van der Waals surface area contributed by atoms with Gasteiger partial charge in [0.2, 0.25) is 0 Å². The molecule has 1 saturated heterocycles. The van der Waals surface area contributed by atoms with E-state index in [9.17, 15) is 4.79 Å². The van der Waals surface area contributed by atoms with Crippen LogP contribution < -0.4 is 4.90 Å². The fourth-order valence-electron chi connectivity index (χ4n) is 2.41. The Kier molecular flexibility index (Phi) is 3.32. The predicted molar refractivity (Wildman–Crippen MR) is 71.7 cm³/mol. The number of carboxylic acid groups (broad SMARTS) is 1. The van der Waals surface area contributed by atoms with Gasteiger partial charge in [0.1, 0.15) is 6.33 Å². The molecule has 1 aliphatic heterocycles. The normalized spacial score (nSPS) is 19.0. The quantitative estimate of drug-likeness (QED) is 0.896. The van der Waals surface area contributed by atoms with Crippen LogP contribution in [0.2, 0.25) is 0 Å². The van der Waals surface area contributed by atoms with Gasteiger partial charge in [0.05, 0.1) is 5.92 Å². The van der Waals surface area contributed by atoms with Gasteiger partial charge in [-0.2, -0.15) is 0 Å². The van der Waals surface area contributed by atoms with E-state index in [-0.39, 0.29) is 5.92 Å². The molecule has 7 nitrogen and oxygen atoms in total. The molecule has 0 bridgehead atoms. The molecule has 0 aromatic carbocycles. The second-order valence-corrected chi connectivity index (χ2v) is 4.84. The molecule has 0 amide bonds. The number of anilines is 1. The smallest absolute Gasteiger partial charge is 0.308 e. The van der Waals surface area contributed by atoms with Gasteiger partial charge in [-0.3, -0.25) is 9.36 Å². The molecule has 1 aliphatic rings. The first-order chi connectivity index (χ1) is 9.74. The standard InChI is InChI=1S/C13H15N5O2/c19-13(20)10-2-1-6-17(8-10)11-3-4-12(16-15-11)18-7-5-14-9-18/h3-5,7,9-10H,1-2,6,8H2,(H,19,20)/t10-/m0/s1. The topological polar surface area (TPSA) is 84.1 Å². The number of carbonyl (C=O) groups is 1. The van der Waals surface area contributed by atoms with E-state index in [1.54, 1.807) is 23.3 Å². The minimum Gasteiger partial charge on any atom is -0.481 e. The molecule has 1 fully saturated rings. The second-order valence-electron chi connectivity index (χ2n) is 4.84. The summed E-state index contributed by atoms with van der Waals surface area (Å²) in [6.45, 7) is 1.32. The highest BCUT2D eigenvalue weighted by Gasteiger charge is 2.26. The van der Waals surface area contributed by atoms with E-state index in [0.29, 0.717) is 12.4 Å². The molecule has 3 rings (SSSR count). The Hall–Kier alpha value is -2.44. The van der Waals surface area contributed by atoms with Crippen molar-refractivity contribution in [2.45, 2.75) is 12.8 Å². The average molecular weight is 273 g/mol. The Bertz CT molecular complexity index is 581. The fraction of sp³-hybridized carbons (Fsp3) is 0.385. The van der Waals surface area contributed by atoms with Gasteiger partial charge in [-0.25, -0.2) is 4.98 Å². The van der Waals surface area contributed by atoms with Crippen LogP contribution in [0, 0.1) is 5.92 Å². The number of aliphatic carboxylic acids is 1. The molecule has 2 aromatic rings. The number of nitrogens with zero attached hydrogens (tertiary/aromatic N) is 5. The second kappa shape index (κ2) is 5.28. The Balaban J connectivity index is 1.76. The van der Waals surface area contributed by atoms with Crippen molar-refractivity contribution in [3.05, 3.63) is 30.9 Å². The Morgan fingerprint density at radius 2 is 2.10 bits per heavy atom. The summed E-state index contributed by atoms with van der Waals surface area (Å²) in [5.74, 6) is 0.356. The highest BCUT2D eigenvalue weighted by atomic mass is 16.4. The molecule has 104 valence electrons. The van der Waals surface area contributed by atoms with E-state index in [1.807, 2.05) is 17.0 Å². The fourth-order valence-corrected chi connectivity index (χ4v) is 2.41. The van der Waals surface area contributed by atoms with Crippen molar-refractivity contribution in [2.75, 3.05) is 18.0 Å². The number of rotatable bonds is 3. The summed E-state index contributed by atoms with van der Waals surface area (Å²) in [5, 5.41) is 17.4. The van der Waals surface area contributed by atoms with Crippen molar-refractivity contribution in [1.29, 1.82) is 0 Å². The maximum Gasteiger partial charge on any atom is 0.308 e. The lowest BCUT2D eigenvalue weighted by atomic mass is 9.98. The number of hydrogen-bond acceptors (Lipinski definition) is 5. The van der Waals surface area contributed by atoms with Crippen molar-refractivity contribution in [2.24, 2.45) is 5.92 Å². The van der Waals surface area contributed by atoms with Crippen molar-refractivity contribution in [3.63, 3.8) is 0 Å². The van der Waals surface area contributed by atoms with E-state index >= 15 is 0 Å². The third kappa shape index (κ3) is 2.47.